The number of benzene rings is 3. The van der Waals surface area contributed by atoms with Crippen LogP contribution in [0.5, 0.6) is 11.5 Å². The van der Waals surface area contributed by atoms with Crippen LogP contribution in [0.3, 0.4) is 0 Å². The molecule has 1 fully saturated rings. The van der Waals surface area contributed by atoms with Crippen molar-refractivity contribution in [1.82, 2.24) is 15.2 Å². The Balaban J connectivity index is 1.31. The summed E-state index contributed by atoms with van der Waals surface area (Å²) in [5, 5.41) is 40.5. The maximum Gasteiger partial charge on any atom is 0.511 e. The number of anilines is 2. The highest BCUT2D eigenvalue weighted by atomic mass is 16.8. The number of piperazine rings is 1. The number of fused-ring (bicyclic) bond motifs is 14. The maximum absolute atomic E-state index is 15.1. The number of rotatable bonds is 13. The third kappa shape index (κ3) is 13.7. The zero-order chi connectivity index (χ0) is 61.6. The first-order chi connectivity index (χ1) is 39.7. The van der Waals surface area contributed by atoms with Gasteiger partial charge in [0.15, 0.2) is 22.4 Å². The molecule has 8 rings (SSSR count). The average molecular weight is 1170 g/mol. The first kappa shape index (κ1) is 63.2. The van der Waals surface area contributed by atoms with E-state index in [1.165, 1.54) is 52.2 Å². The molecule has 1 aromatic heterocycles. The van der Waals surface area contributed by atoms with E-state index >= 15 is 4.79 Å². The lowest BCUT2D eigenvalue weighted by atomic mass is 9.77. The van der Waals surface area contributed by atoms with Gasteiger partial charge in [-0.2, -0.15) is 0 Å². The molecule has 84 heavy (non-hydrogen) atoms. The van der Waals surface area contributed by atoms with Crippen LogP contribution in [0.4, 0.5) is 16.2 Å². The minimum Gasteiger partial charge on any atom is -0.507 e. The van der Waals surface area contributed by atoms with E-state index in [1.807, 2.05) is 4.90 Å². The predicted molar refractivity (Wildman–Crippen MR) is 306 cm³/mol. The summed E-state index contributed by atoms with van der Waals surface area (Å²) < 4.78 is 40.7. The number of carbonyl (C=O) groups is 7. The number of allylic oxidation sites excluding steroid dienone is 3. The smallest absolute Gasteiger partial charge is 0.507 e. The molecule has 0 aliphatic carbocycles. The summed E-state index contributed by atoms with van der Waals surface area (Å²) in [6.07, 6.45) is 1.83. The predicted octanol–water partition coefficient (Wildman–Crippen LogP) is 5.28. The summed E-state index contributed by atoms with van der Waals surface area (Å²) in [5.74, 6) is -9.69. The molecular weight excluding hydrogens is 1090 g/mol. The summed E-state index contributed by atoms with van der Waals surface area (Å²) >= 11 is 0. The van der Waals surface area contributed by atoms with E-state index in [0.29, 0.717) is 24.7 Å². The van der Waals surface area contributed by atoms with Crippen molar-refractivity contribution in [2.75, 3.05) is 49.7 Å². The van der Waals surface area contributed by atoms with Gasteiger partial charge >= 0.3 is 23.9 Å². The van der Waals surface area contributed by atoms with Gasteiger partial charge in [0, 0.05) is 105 Å². The van der Waals surface area contributed by atoms with Gasteiger partial charge in [0.05, 0.1) is 29.4 Å². The van der Waals surface area contributed by atoms with E-state index in [9.17, 15) is 53.7 Å². The second-order valence-corrected chi connectivity index (χ2v) is 22.4. The molecule has 0 radical (unpaired) electrons. The number of phenols is 1. The van der Waals surface area contributed by atoms with Crippen molar-refractivity contribution in [3.05, 3.63) is 79.5 Å². The number of nitrogens with zero attached hydrogens (tertiary/aromatic N) is 3. The number of aldehydes is 2. The Morgan fingerprint density at radius 1 is 0.881 bits per heavy atom. The number of amides is 2. The molecule has 4 aliphatic heterocycles. The lowest BCUT2D eigenvalue weighted by Crippen LogP contribution is -2.47. The van der Waals surface area contributed by atoms with Crippen molar-refractivity contribution in [2.24, 2.45) is 35.5 Å². The van der Waals surface area contributed by atoms with Gasteiger partial charge in [0.2, 0.25) is 23.6 Å². The van der Waals surface area contributed by atoms with Crippen LogP contribution < -0.4 is 36.3 Å². The van der Waals surface area contributed by atoms with Crippen LogP contribution in [0.25, 0.3) is 38.7 Å². The molecule has 24 nitrogen and oxygen atoms in total. The minimum absolute atomic E-state index is 0.0160. The Hall–Kier alpha value is -8.38. The van der Waals surface area contributed by atoms with Crippen LogP contribution in [0.1, 0.15) is 87.6 Å². The molecule has 0 unspecified atom stereocenters. The van der Waals surface area contributed by atoms with Crippen molar-refractivity contribution in [3.63, 3.8) is 0 Å². The van der Waals surface area contributed by atoms with Gasteiger partial charge in [-0.1, -0.05) is 66.7 Å². The standard InChI is InChI=1S/C60H73N5O19/c1-29(2)25-64-18-20-65(21-19-64)39-23-40(69)47-41(24-39)82-56-48(62-47)44-45-51(73)36(9)55-46(44)57(75)60(11,84-55)80-22-17-30(3)33(6)54(81-37(10)68)35(8)50(72)34(7)53(31(4)13-12-14-32(5)58(76)63-49(56)52(45)74)83-59(77)79-28-78-43(71)16-15-42(70)61-38(26-66)27-67/h12-14,17,22-24,26-27,29-31,33-35,38,50,53-54,72-73,75H,15-16,18-21,25,28H2,1-11H3,(H,61,70)(H,63,76)/b13-12+,22-17+,32-14-/t30-,31-,33+,34-,35+,50+,53-,54+,60-/m0/s1. The zero-order valence-electron chi connectivity index (χ0n) is 48.8. The molecule has 5 heterocycles. The number of carbonyl (C=O) groups excluding carboxylic acids is 7. The van der Waals surface area contributed by atoms with Crippen LogP contribution >= 0.6 is 0 Å². The van der Waals surface area contributed by atoms with Crippen LogP contribution in [0.2, 0.25) is 0 Å². The van der Waals surface area contributed by atoms with Gasteiger partial charge < -0.3 is 73.3 Å². The van der Waals surface area contributed by atoms with E-state index in [4.69, 9.17) is 37.8 Å². The van der Waals surface area contributed by atoms with Crippen molar-refractivity contribution >= 4 is 92.6 Å². The fourth-order valence-corrected chi connectivity index (χ4v) is 10.8. The lowest BCUT2D eigenvalue weighted by molar-refractivity contribution is -0.159. The molecule has 5 N–H and O–H groups in total. The van der Waals surface area contributed by atoms with Gasteiger partial charge in [0.25, 0.3) is 5.91 Å². The Morgan fingerprint density at radius 3 is 2.21 bits per heavy atom. The third-order valence-electron chi connectivity index (χ3n) is 15.7. The number of aliphatic hydroxyl groups is 2. The number of ether oxygens (including phenoxy) is 6. The molecular formula is C60H73N5O19. The Bertz CT molecular complexity index is 3500. The highest BCUT2D eigenvalue weighted by Gasteiger charge is 2.44. The summed E-state index contributed by atoms with van der Waals surface area (Å²) in [7, 11) is 0. The van der Waals surface area contributed by atoms with Crippen LogP contribution in [0.15, 0.2) is 62.3 Å². The molecule has 3 aromatic carbocycles. The van der Waals surface area contributed by atoms with Crippen molar-refractivity contribution in [1.29, 1.82) is 0 Å². The number of aliphatic hydroxyl groups excluding tert-OH is 2. The quantitative estimate of drug-likeness (QED) is 0.0216. The number of aromatic nitrogens is 1. The second-order valence-electron chi connectivity index (χ2n) is 22.4. The van der Waals surface area contributed by atoms with E-state index in [-0.39, 0.29) is 62.3 Å². The van der Waals surface area contributed by atoms with E-state index < -0.39 is 143 Å². The van der Waals surface area contributed by atoms with Crippen LogP contribution in [-0.2, 0) is 52.5 Å². The Kier molecular flexibility index (Phi) is 19.9. The lowest BCUT2D eigenvalue weighted by Gasteiger charge is -2.38. The molecule has 5 bridgehead atoms. The fourth-order valence-electron chi connectivity index (χ4n) is 10.8. The number of aromatic hydroxyl groups is 1. The number of phenolic OH excluding ortho intramolecular Hbond substituents is 1. The molecule has 9 atom stereocenters. The summed E-state index contributed by atoms with van der Waals surface area (Å²) in [5.41, 5.74) is -1.98. The van der Waals surface area contributed by atoms with Crippen molar-refractivity contribution < 1.29 is 81.7 Å². The maximum atomic E-state index is 15.1. The second kappa shape index (κ2) is 26.5. The normalized spacial score (nSPS) is 25.8. The molecule has 452 valence electrons. The highest BCUT2D eigenvalue weighted by Crippen LogP contribution is 2.43. The van der Waals surface area contributed by atoms with Crippen molar-refractivity contribution in [3.8, 4) is 11.5 Å². The first-order valence-corrected chi connectivity index (χ1v) is 27.8. The topological polar surface area (TPSA) is 326 Å². The largest absolute Gasteiger partial charge is 0.511 e. The number of esters is 2. The number of nitrogens with one attached hydrogen (secondary N) is 2. The van der Waals surface area contributed by atoms with E-state index in [0.717, 1.165) is 19.6 Å². The van der Waals surface area contributed by atoms with Crippen LogP contribution in [0, 0.1) is 42.4 Å². The van der Waals surface area contributed by atoms with Gasteiger partial charge in [0.1, 0.15) is 53.5 Å². The minimum atomic E-state index is -2.02. The monoisotopic (exact) mass is 1170 g/mol. The SMILES string of the molecule is CC(=O)O[C@H]1[C@H](C)[C@H](O)[C@H](C)[C@@H](OC(=O)OCOC(=O)CCC(=O)NC(C=O)C=O)[C@@H](C)/C=C/C=C(/C)C(=O)Nc2c(=O)c3c(O)c(C)c4c(c3c3nc5c(=O)cc(N6CCN(CC(C)C)CC6)cc5oc23)=C(O)[C@@](C)(O/C=C/[C@H](C)[C@H]1C)O4. The molecule has 0 spiro atoms. The number of hydrogen-bond acceptors (Lipinski definition) is 22. The Morgan fingerprint density at radius 2 is 1.56 bits per heavy atom. The van der Waals surface area contributed by atoms with Gasteiger partial charge in [-0.25, -0.2) is 9.78 Å². The summed E-state index contributed by atoms with van der Waals surface area (Å²) in [6, 6.07) is 1.69. The molecule has 1 saturated heterocycles. The zero-order valence-corrected chi connectivity index (χ0v) is 48.8. The van der Waals surface area contributed by atoms with E-state index in [1.54, 1.807) is 52.8 Å². The molecule has 4 aliphatic rings. The Labute approximate surface area is 483 Å². The molecule has 2 amide bonds. The summed E-state index contributed by atoms with van der Waals surface area (Å²) in [6.45, 7) is 20.9. The molecule has 24 heteroatoms. The first-order valence-electron chi connectivity index (χ1n) is 27.8. The fraction of sp³-hybridized carbons (Fsp3) is 0.500. The van der Waals surface area contributed by atoms with Crippen molar-refractivity contribution in [2.45, 2.75) is 119 Å². The molecule has 0 saturated carbocycles. The number of hydrogen-bond donors (Lipinski definition) is 5. The third-order valence-corrected chi connectivity index (χ3v) is 15.7. The van der Waals surface area contributed by atoms with Gasteiger partial charge in [-0.05, 0) is 37.7 Å². The highest BCUT2D eigenvalue weighted by molar-refractivity contribution is 6.17. The summed E-state index contributed by atoms with van der Waals surface area (Å²) in [4.78, 5) is 125. The van der Waals surface area contributed by atoms with Gasteiger partial charge in [-0.15, -0.1) is 0 Å². The average Bonchev–Trinajstić information content (AvgIpc) is 1.37. The van der Waals surface area contributed by atoms with Gasteiger partial charge in [-0.3, -0.25) is 33.7 Å². The van der Waals surface area contributed by atoms with Crippen LogP contribution in [-0.4, -0.2) is 137 Å². The molecule has 4 aromatic rings. The van der Waals surface area contributed by atoms with E-state index in [2.05, 4.69) is 29.4 Å².